The van der Waals surface area contributed by atoms with Gasteiger partial charge in [-0.3, -0.25) is 4.79 Å². The van der Waals surface area contributed by atoms with Crippen LogP contribution < -0.4 is 0 Å². The summed E-state index contributed by atoms with van der Waals surface area (Å²) in [4.78, 5) is 22.1. The van der Waals surface area contributed by atoms with Gasteiger partial charge in [0.2, 0.25) is 17.7 Å². The van der Waals surface area contributed by atoms with Crippen LogP contribution >= 0.6 is 0 Å². The lowest BCUT2D eigenvalue weighted by molar-refractivity contribution is 0.0695. The molecule has 6 nitrogen and oxygen atoms in total. The third-order valence-electron chi connectivity index (χ3n) is 4.59. The van der Waals surface area contributed by atoms with Crippen LogP contribution in [-0.2, 0) is 0 Å². The average Bonchev–Trinajstić information content (AvgIpc) is 3.18. The number of amides is 1. The van der Waals surface area contributed by atoms with Crippen molar-refractivity contribution >= 4 is 5.91 Å². The normalized spacial score (nSPS) is 17.1. The first-order valence-corrected chi connectivity index (χ1v) is 8.61. The Bertz CT molecular complexity index is 958. The number of aromatic nitrogens is 3. The van der Waals surface area contributed by atoms with Gasteiger partial charge in [0.05, 0.1) is 17.0 Å². The van der Waals surface area contributed by atoms with E-state index in [4.69, 9.17) is 4.52 Å². The zero-order valence-corrected chi connectivity index (χ0v) is 14.3. The van der Waals surface area contributed by atoms with E-state index in [2.05, 4.69) is 15.1 Å². The van der Waals surface area contributed by atoms with E-state index in [9.17, 15) is 13.6 Å². The number of benzene rings is 1. The quantitative estimate of drug-likeness (QED) is 0.661. The molecule has 1 saturated heterocycles. The first kappa shape index (κ1) is 17.3. The van der Waals surface area contributed by atoms with E-state index in [0.29, 0.717) is 24.5 Å². The number of likely N-dealkylation sites (tertiary alicyclic amines) is 1. The van der Waals surface area contributed by atoms with Gasteiger partial charge in [-0.2, -0.15) is 9.37 Å². The number of hydrogen-bond donors (Lipinski definition) is 0. The van der Waals surface area contributed by atoms with Crippen molar-refractivity contribution in [3.8, 4) is 11.4 Å². The molecular formula is C19H16F2N4O2. The number of piperidine rings is 1. The minimum absolute atomic E-state index is 0.135. The summed E-state index contributed by atoms with van der Waals surface area (Å²) >= 11 is 0. The van der Waals surface area contributed by atoms with Crippen molar-refractivity contribution in [3.05, 3.63) is 65.8 Å². The summed E-state index contributed by atoms with van der Waals surface area (Å²) < 4.78 is 32.2. The Balaban J connectivity index is 1.51. The van der Waals surface area contributed by atoms with Gasteiger partial charge in [0.25, 0.3) is 5.91 Å². The number of carbonyl (C=O) groups is 1. The van der Waals surface area contributed by atoms with Crippen LogP contribution in [0.15, 0.2) is 47.1 Å². The lowest BCUT2D eigenvalue weighted by Gasteiger charge is -2.31. The molecule has 0 N–H and O–H groups in total. The minimum atomic E-state index is -0.630. The van der Waals surface area contributed by atoms with Crippen LogP contribution in [0.2, 0.25) is 0 Å². The van der Waals surface area contributed by atoms with Crippen LogP contribution in [0.1, 0.15) is 35.0 Å². The fourth-order valence-electron chi connectivity index (χ4n) is 3.20. The molecule has 0 saturated carbocycles. The van der Waals surface area contributed by atoms with E-state index in [-0.39, 0.29) is 23.2 Å². The van der Waals surface area contributed by atoms with Crippen molar-refractivity contribution in [1.82, 2.24) is 20.0 Å². The predicted octanol–water partition coefficient (Wildman–Crippen LogP) is 3.43. The molecule has 1 amide bonds. The SMILES string of the molecule is O=C(c1ccc(F)nc1)N1CCCC(c2nc(-c3ccccc3F)no2)C1. The summed E-state index contributed by atoms with van der Waals surface area (Å²) in [5.74, 6) is -0.842. The number of halogens is 2. The van der Waals surface area contributed by atoms with Gasteiger partial charge in [-0.1, -0.05) is 17.3 Å². The molecule has 138 valence electrons. The highest BCUT2D eigenvalue weighted by Gasteiger charge is 2.29. The third-order valence-corrected chi connectivity index (χ3v) is 4.59. The fraction of sp³-hybridized carbons (Fsp3) is 0.263. The number of rotatable bonds is 3. The highest BCUT2D eigenvalue weighted by Crippen LogP contribution is 2.29. The first-order chi connectivity index (χ1) is 13.1. The second-order valence-electron chi connectivity index (χ2n) is 6.40. The Labute approximate surface area is 153 Å². The van der Waals surface area contributed by atoms with Crippen molar-refractivity contribution in [1.29, 1.82) is 0 Å². The van der Waals surface area contributed by atoms with Gasteiger partial charge < -0.3 is 9.42 Å². The summed E-state index contributed by atoms with van der Waals surface area (Å²) in [5, 5.41) is 3.88. The number of pyridine rings is 1. The van der Waals surface area contributed by atoms with E-state index < -0.39 is 11.8 Å². The van der Waals surface area contributed by atoms with Crippen molar-refractivity contribution in [2.45, 2.75) is 18.8 Å². The predicted molar refractivity (Wildman–Crippen MR) is 91.8 cm³/mol. The number of carbonyl (C=O) groups excluding carboxylic acids is 1. The molecular weight excluding hydrogens is 354 g/mol. The molecule has 4 rings (SSSR count). The highest BCUT2D eigenvalue weighted by molar-refractivity contribution is 5.94. The van der Waals surface area contributed by atoms with Crippen LogP contribution in [0.5, 0.6) is 0 Å². The van der Waals surface area contributed by atoms with Gasteiger partial charge in [0, 0.05) is 19.3 Å². The maximum Gasteiger partial charge on any atom is 0.255 e. The number of nitrogens with zero attached hydrogens (tertiary/aromatic N) is 4. The lowest BCUT2D eigenvalue weighted by atomic mass is 9.97. The molecule has 1 atom stereocenters. The molecule has 1 aromatic carbocycles. The average molecular weight is 370 g/mol. The summed E-state index contributed by atoms with van der Waals surface area (Å²) in [6.07, 6.45) is 2.77. The van der Waals surface area contributed by atoms with Gasteiger partial charge in [0.15, 0.2) is 0 Å². The van der Waals surface area contributed by atoms with E-state index >= 15 is 0 Å². The second-order valence-corrected chi connectivity index (χ2v) is 6.40. The zero-order valence-electron chi connectivity index (χ0n) is 14.3. The number of hydrogen-bond acceptors (Lipinski definition) is 5. The minimum Gasteiger partial charge on any atom is -0.339 e. The van der Waals surface area contributed by atoms with Crippen LogP contribution in [0, 0.1) is 11.8 Å². The fourth-order valence-corrected chi connectivity index (χ4v) is 3.20. The standard InChI is InChI=1S/C19H16F2N4O2/c20-15-6-2-1-5-14(15)17-23-18(27-24-17)13-4-3-9-25(11-13)19(26)12-7-8-16(21)22-10-12/h1-2,5-8,10,13H,3-4,9,11H2. The van der Waals surface area contributed by atoms with Crippen molar-refractivity contribution in [2.75, 3.05) is 13.1 Å². The molecule has 3 heterocycles. The summed E-state index contributed by atoms with van der Waals surface area (Å²) in [5.41, 5.74) is 0.600. The summed E-state index contributed by atoms with van der Waals surface area (Å²) in [7, 11) is 0. The molecule has 0 aliphatic carbocycles. The maximum atomic E-state index is 13.9. The molecule has 0 radical (unpaired) electrons. The topological polar surface area (TPSA) is 72.1 Å². The van der Waals surface area contributed by atoms with Crippen LogP contribution in [0.25, 0.3) is 11.4 Å². The van der Waals surface area contributed by atoms with Crippen molar-refractivity contribution in [3.63, 3.8) is 0 Å². The third kappa shape index (κ3) is 3.55. The molecule has 8 heteroatoms. The Morgan fingerprint density at radius 1 is 1.19 bits per heavy atom. The Morgan fingerprint density at radius 3 is 2.81 bits per heavy atom. The van der Waals surface area contributed by atoms with Crippen LogP contribution in [0.4, 0.5) is 8.78 Å². The molecule has 1 unspecified atom stereocenters. The van der Waals surface area contributed by atoms with Crippen molar-refractivity contribution in [2.24, 2.45) is 0 Å². The highest BCUT2D eigenvalue weighted by atomic mass is 19.1. The van der Waals surface area contributed by atoms with E-state index in [1.165, 1.54) is 18.3 Å². The van der Waals surface area contributed by atoms with Crippen LogP contribution in [0.3, 0.4) is 0 Å². The smallest absolute Gasteiger partial charge is 0.255 e. The maximum absolute atomic E-state index is 13.9. The van der Waals surface area contributed by atoms with E-state index in [1.807, 2.05) is 0 Å². The molecule has 2 aromatic heterocycles. The molecule has 1 aliphatic rings. The van der Waals surface area contributed by atoms with Gasteiger partial charge in [-0.05, 0) is 37.1 Å². The second kappa shape index (κ2) is 7.22. The molecule has 0 bridgehead atoms. The van der Waals surface area contributed by atoms with Gasteiger partial charge in [-0.15, -0.1) is 0 Å². The molecule has 27 heavy (non-hydrogen) atoms. The summed E-state index contributed by atoms with van der Waals surface area (Å²) in [6, 6.07) is 8.79. The lowest BCUT2D eigenvalue weighted by Crippen LogP contribution is -2.39. The molecule has 0 spiro atoms. The van der Waals surface area contributed by atoms with Gasteiger partial charge in [-0.25, -0.2) is 9.37 Å². The van der Waals surface area contributed by atoms with E-state index in [1.54, 1.807) is 23.1 Å². The first-order valence-electron chi connectivity index (χ1n) is 8.61. The van der Waals surface area contributed by atoms with Crippen molar-refractivity contribution < 1.29 is 18.1 Å². The Kier molecular flexibility index (Phi) is 4.62. The van der Waals surface area contributed by atoms with E-state index in [0.717, 1.165) is 18.9 Å². The monoisotopic (exact) mass is 370 g/mol. The molecule has 3 aromatic rings. The molecule has 1 fully saturated rings. The van der Waals surface area contributed by atoms with Gasteiger partial charge in [0.1, 0.15) is 5.82 Å². The Hall–Kier alpha value is -3.16. The summed E-state index contributed by atoms with van der Waals surface area (Å²) in [6.45, 7) is 0.982. The van der Waals surface area contributed by atoms with Crippen LogP contribution in [-0.4, -0.2) is 39.0 Å². The zero-order chi connectivity index (χ0) is 18.8. The molecule has 1 aliphatic heterocycles. The largest absolute Gasteiger partial charge is 0.339 e. The van der Waals surface area contributed by atoms with Gasteiger partial charge >= 0.3 is 0 Å². The Morgan fingerprint density at radius 2 is 2.04 bits per heavy atom.